The van der Waals surface area contributed by atoms with Gasteiger partial charge >= 0.3 is 5.69 Å². The number of benzene rings is 2. The number of hydrogen-bond acceptors (Lipinski definition) is 5. The zero-order valence-electron chi connectivity index (χ0n) is 14.0. The van der Waals surface area contributed by atoms with E-state index >= 15 is 0 Å². The number of nitro benzene ring substituents is 1. The van der Waals surface area contributed by atoms with Crippen molar-refractivity contribution in [1.29, 1.82) is 0 Å². The zero-order chi connectivity index (χ0) is 18.8. The first-order chi connectivity index (χ1) is 12.4. The van der Waals surface area contributed by atoms with Crippen LogP contribution >= 0.6 is 23.4 Å². The van der Waals surface area contributed by atoms with E-state index in [0.29, 0.717) is 21.4 Å². The number of nitro groups is 1. The molecule has 26 heavy (non-hydrogen) atoms. The topological polar surface area (TPSA) is 83.0 Å². The van der Waals surface area contributed by atoms with Crippen molar-refractivity contribution in [2.75, 3.05) is 6.26 Å². The summed E-state index contributed by atoms with van der Waals surface area (Å²) >= 11 is 7.56. The van der Waals surface area contributed by atoms with E-state index < -0.39 is 4.92 Å². The maximum atomic E-state index is 12.8. The molecule has 2 aromatic carbocycles. The van der Waals surface area contributed by atoms with Crippen molar-refractivity contribution in [3.8, 4) is 5.69 Å². The van der Waals surface area contributed by atoms with E-state index in [1.807, 2.05) is 6.26 Å². The van der Waals surface area contributed by atoms with Gasteiger partial charge in [0.25, 0.3) is 5.69 Å². The smallest absolute Gasteiger partial charge is 0.258 e. The quantitative estimate of drug-likeness (QED) is 0.377. The summed E-state index contributed by atoms with van der Waals surface area (Å²) in [6, 6.07) is 11.8. The van der Waals surface area contributed by atoms with Gasteiger partial charge in [0.15, 0.2) is 5.16 Å². The van der Waals surface area contributed by atoms with Gasteiger partial charge in [-0.2, -0.15) is 0 Å². The summed E-state index contributed by atoms with van der Waals surface area (Å²) in [6.07, 6.45) is 1.83. The van der Waals surface area contributed by atoms with Crippen molar-refractivity contribution in [2.45, 2.75) is 18.6 Å². The lowest BCUT2D eigenvalue weighted by molar-refractivity contribution is -0.385. The maximum Gasteiger partial charge on any atom is 0.351 e. The Kier molecular flexibility index (Phi) is 5.15. The van der Waals surface area contributed by atoms with Crippen LogP contribution in [0, 0.1) is 17.0 Å². The summed E-state index contributed by atoms with van der Waals surface area (Å²) in [6.45, 7) is 1.88. The van der Waals surface area contributed by atoms with Crippen LogP contribution in [-0.4, -0.2) is 25.5 Å². The second-order valence-corrected chi connectivity index (χ2v) is 6.77. The summed E-state index contributed by atoms with van der Waals surface area (Å²) in [4.78, 5) is 23.4. The molecule has 0 aliphatic rings. The summed E-state index contributed by atoms with van der Waals surface area (Å²) in [7, 11) is 0. The lowest BCUT2D eigenvalue weighted by Gasteiger charge is -2.05. The van der Waals surface area contributed by atoms with Gasteiger partial charge in [0, 0.05) is 11.6 Å². The highest BCUT2D eigenvalue weighted by atomic mass is 35.5. The molecule has 0 radical (unpaired) electrons. The number of thioether (sulfide) groups is 1. The third-order valence-electron chi connectivity index (χ3n) is 3.88. The van der Waals surface area contributed by atoms with E-state index in [-0.39, 0.29) is 17.9 Å². The number of nitrogens with zero attached hydrogens (tertiary/aromatic N) is 4. The molecule has 3 aromatic rings. The summed E-state index contributed by atoms with van der Waals surface area (Å²) in [5.41, 5.74) is 1.59. The fraction of sp³-hybridized carbons (Fsp3) is 0.176. The second-order valence-electron chi connectivity index (χ2n) is 5.59. The van der Waals surface area contributed by atoms with Gasteiger partial charge in [-0.1, -0.05) is 41.6 Å². The number of hydrogen-bond donors (Lipinski definition) is 0. The third-order valence-corrected chi connectivity index (χ3v) is 4.82. The molecule has 0 amide bonds. The van der Waals surface area contributed by atoms with E-state index in [0.717, 1.165) is 5.56 Å². The van der Waals surface area contributed by atoms with E-state index in [4.69, 9.17) is 11.6 Å². The van der Waals surface area contributed by atoms with Crippen molar-refractivity contribution in [3.63, 3.8) is 0 Å². The van der Waals surface area contributed by atoms with Gasteiger partial charge in [0.1, 0.15) is 0 Å². The Morgan fingerprint density at radius 2 is 2.00 bits per heavy atom. The third kappa shape index (κ3) is 3.38. The molecule has 0 unspecified atom stereocenters. The first-order valence-corrected chi connectivity index (χ1v) is 9.25. The first kappa shape index (κ1) is 18.2. The van der Waals surface area contributed by atoms with Crippen LogP contribution in [0.3, 0.4) is 0 Å². The molecule has 1 aromatic heterocycles. The monoisotopic (exact) mass is 390 g/mol. The molecule has 0 bridgehead atoms. The molecule has 134 valence electrons. The molecule has 1 heterocycles. The van der Waals surface area contributed by atoms with Gasteiger partial charge in [0.05, 0.1) is 22.2 Å². The predicted octanol–water partition coefficient (Wildman–Crippen LogP) is 3.67. The number of rotatable bonds is 5. The molecule has 7 nitrogen and oxygen atoms in total. The Balaban J connectivity index is 2.03. The Labute approximate surface area is 158 Å². The Morgan fingerprint density at radius 1 is 1.27 bits per heavy atom. The summed E-state index contributed by atoms with van der Waals surface area (Å²) in [5.74, 6) is 0. The van der Waals surface area contributed by atoms with Gasteiger partial charge in [0.2, 0.25) is 0 Å². The van der Waals surface area contributed by atoms with Crippen LogP contribution < -0.4 is 5.69 Å². The lowest BCUT2D eigenvalue weighted by atomic mass is 10.1. The highest BCUT2D eigenvalue weighted by molar-refractivity contribution is 7.98. The number of halogens is 1. The minimum absolute atomic E-state index is 0.0486. The van der Waals surface area contributed by atoms with Crippen molar-refractivity contribution >= 4 is 29.1 Å². The zero-order valence-corrected chi connectivity index (χ0v) is 15.6. The average molecular weight is 391 g/mol. The fourth-order valence-corrected chi connectivity index (χ4v) is 3.42. The van der Waals surface area contributed by atoms with Crippen LogP contribution in [0.25, 0.3) is 5.69 Å². The van der Waals surface area contributed by atoms with Gasteiger partial charge < -0.3 is 0 Å². The van der Waals surface area contributed by atoms with Gasteiger partial charge in [-0.05, 0) is 36.9 Å². The standard InChI is InChI=1S/C17H15ClN4O3S/c1-11-9-12(7-8-14(11)22(24)25)10-20-17(23)21(16(19-20)26-2)15-6-4-3-5-13(15)18/h3-9H,10H2,1-2H3. The molecular formula is C17H15ClN4O3S. The predicted molar refractivity (Wildman–Crippen MR) is 102 cm³/mol. The van der Waals surface area contributed by atoms with Crippen LogP contribution in [-0.2, 0) is 6.54 Å². The molecule has 3 rings (SSSR count). The van der Waals surface area contributed by atoms with Gasteiger partial charge in [-0.25, -0.2) is 14.0 Å². The largest absolute Gasteiger partial charge is 0.351 e. The highest BCUT2D eigenvalue weighted by Crippen LogP contribution is 2.23. The van der Waals surface area contributed by atoms with Crippen LogP contribution in [0.4, 0.5) is 5.69 Å². The number of aryl methyl sites for hydroxylation is 1. The summed E-state index contributed by atoms with van der Waals surface area (Å²) in [5, 5.41) is 16.3. The van der Waals surface area contributed by atoms with Crippen LogP contribution in [0.5, 0.6) is 0 Å². The average Bonchev–Trinajstić information content (AvgIpc) is 2.91. The molecule has 0 saturated heterocycles. The molecule has 9 heteroatoms. The molecule has 0 N–H and O–H groups in total. The van der Waals surface area contributed by atoms with Crippen molar-refractivity contribution < 1.29 is 4.92 Å². The molecule has 0 saturated carbocycles. The highest BCUT2D eigenvalue weighted by Gasteiger charge is 2.17. The molecular weight excluding hydrogens is 376 g/mol. The normalized spacial score (nSPS) is 10.9. The number of para-hydroxylation sites is 1. The molecule has 0 atom stereocenters. The Hall–Kier alpha value is -2.58. The van der Waals surface area contributed by atoms with Crippen LogP contribution in [0.15, 0.2) is 52.4 Å². The number of aromatic nitrogens is 3. The van der Waals surface area contributed by atoms with E-state index in [1.54, 1.807) is 43.3 Å². The lowest BCUT2D eigenvalue weighted by Crippen LogP contribution is -2.24. The minimum atomic E-state index is -0.427. The van der Waals surface area contributed by atoms with Crippen molar-refractivity contribution in [3.05, 3.63) is 79.2 Å². The first-order valence-electron chi connectivity index (χ1n) is 7.65. The van der Waals surface area contributed by atoms with Crippen LogP contribution in [0.1, 0.15) is 11.1 Å². The van der Waals surface area contributed by atoms with E-state index in [2.05, 4.69) is 5.10 Å². The van der Waals surface area contributed by atoms with Gasteiger partial charge in [-0.15, -0.1) is 5.10 Å². The SMILES string of the molecule is CSc1nn(Cc2ccc([N+](=O)[O-])c(C)c2)c(=O)n1-c1ccccc1Cl. The van der Waals surface area contributed by atoms with Crippen molar-refractivity contribution in [1.82, 2.24) is 14.3 Å². The van der Waals surface area contributed by atoms with Gasteiger partial charge in [-0.3, -0.25) is 10.1 Å². The molecule has 0 aliphatic heterocycles. The summed E-state index contributed by atoms with van der Waals surface area (Å²) < 4.78 is 2.79. The Bertz CT molecular complexity index is 1040. The van der Waals surface area contributed by atoms with E-state index in [9.17, 15) is 14.9 Å². The second kappa shape index (κ2) is 7.35. The minimum Gasteiger partial charge on any atom is -0.258 e. The van der Waals surface area contributed by atoms with Crippen molar-refractivity contribution in [2.24, 2.45) is 0 Å². The Morgan fingerprint density at radius 3 is 2.62 bits per heavy atom. The van der Waals surface area contributed by atoms with Crippen LogP contribution in [0.2, 0.25) is 5.02 Å². The van der Waals surface area contributed by atoms with E-state index in [1.165, 1.54) is 27.1 Å². The molecule has 0 spiro atoms. The maximum absolute atomic E-state index is 12.8. The molecule has 0 fully saturated rings. The fourth-order valence-electron chi connectivity index (χ4n) is 2.66. The molecule has 0 aliphatic carbocycles.